The molecular weight excluding hydrogens is 214 g/mol. The highest BCUT2D eigenvalue weighted by Gasteiger charge is 2.46. The van der Waals surface area contributed by atoms with Crippen LogP contribution >= 0.6 is 0 Å². The summed E-state index contributed by atoms with van der Waals surface area (Å²) in [4.78, 5) is 21.6. The van der Waals surface area contributed by atoms with Crippen LogP contribution in [-0.2, 0) is 9.59 Å². The zero-order valence-electron chi connectivity index (χ0n) is 9.30. The Bertz CT molecular complexity index is 296. The van der Waals surface area contributed by atoms with Gasteiger partial charge in [0.25, 0.3) is 0 Å². The maximum Gasteiger partial charge on any atom is 0.321 e. The predicted molar refractivity (Wildman–Crippen MR) is 55.0 cm³/mol. The Kier molecular flexibility index (Phi) is 3.54. The molecule has 1 fully saturated rings. The predicted octanol–water partition coefficient (Wildman–Crippen LogP) is -0.479. The molecule has 1 heterocycles. The van der Waals surface area contributed by atoms with Crippen LogP contribution in [0.2, 0.25) is 0 Å². The number of carboxylic acids is 2. The fourth-order valence-electron chi connectivity index (χ4n) is 2.29. The molecule has 1 rings (SSSR count). The van der Waals surface area contributed by atoms with Crippen molar-refractivity contribution in [3.05, 3.63) is 0 Å². The van der Waals surface area contributed by atoms with Crippen LogP contribution in [0.4, 0.5) is 0 Å². The van der Waals surface area contributed by atoms with E-state index in [0.717, 1.165) is 0 Å². The second kappa shape index (κ2) is 4.39. The van der Waals surface area contributed by atoms with E-state index in [1.165, 1.54) is 0 Å². The van der Waals surface area contributed by atoms with E-state index < -0.39 is 29.5 Å². The molecule has 4 N–H and O–H groups in total. The monoisotopic (exact) mass is 231 g/mol. The summed E-state index contributed by atoms with van der Waals surface area (Å²) in [5.41, 5.74) is -1.09. The quantitative estimate of drug-likeness (QED) is 0.520. The van der Waals surface area contributed by atoms with E-state index >= 15 is 0 Å². The van der Waals surface area contributed by atoms with Crippen LogP contribution in [0.1, 0.15) is 20.3 Å². The van der Waals surface area contributed by atoms with Gasteiger partial charge in [0, 0.05) is 18.4 Å². The molecular formula is C10H17NO5. The molecule has 0 amide bonds. The number of aliphatic carboxylic acids is 2. The zero-order chi connectivity index (χ0) is 12.5. The van der Waals surface area contributed by atoms with Gasteiger partial charge < -0.3 is 20.6 Å². The number of nitrogens with one attached hydrogen (secondary N) is 1. The number of rotatable bonds is 4. The van der Waals surface area contributed by atoms with Gasteiger partial charge in [-0.15, -0.1) is 0 Å². The normalized spacial score (nSPS) is 30.3. The van der Waals surface area contributed by atoms with Crippen molar-refractivity contribution >= 4 is 11.9 Å². The van der Waals surface area contributed by atoms with Crippen LogP contribution in [0.15, 0.2) is 0 Å². The lowest BCUT2D eigenvalue weighted by atomic mass is 9.78. The van der Waals surface area contributed by atoms with Gasteiger partial charge in [-0.2, -0.15) is 0 Å². The largest absolute Gasteiger partial charge is 0.481 e. The summed E-state index contributed by atoms with van der Waals surface area (Å²) in [5.74, 6) is -3.08. The maximum atomic E-state index is 10.9. The van der Waals surface area contributed by atoms with Crippen LogP contribution in [0.25, 0.3) is 0 Å². The van der Waals surface area contributed by atoms with Crippen molar-refractivity contribution in [2.45, 2.75) is 31.9 Å². The van der Waals surface area contributed by atoms with Crippen molar-refractivity contribution in [2.75, 3.05) is 6.54 Å². The molecule has 0 aromatic heterocycles. The summed E-state index contributed by atoms with van der Waals surface area (Å²) in [6.07, 6.45) is -0.251. The first kappa shape index (κ1) is 12.9. The van der Waals surface area contributed by atoms with Crippen molar-refractivity contribution in [1.82, 2.24) is 5.32 Å². The Morgan fingerprint density at radius 2 is 1.94 bits per heavy atom. The molecule has 0 saturated carbocycles. The van der Waals surface area contributed by atoms with E-state index in [2.05, 4.69) is 5.32 Å². The molecule has 1 aliphatic heterocycles. The number of aliphatic hydroxyl groups is 1. The third-order valence-corrected chi connectivity index (χ3v) is 3.09. The molecule has 0 bridgehead atoms. The second-order valence-electron chi connectivity index (χ2n) is 4.75. The molecule has 0 aromatic rings. The summed E-state index contributed by atoms with van der Waals surface area (Å²) in [5, 5.41) is 30.3. The fraction of sp³-hybridized carbons (Fsp3) is 0.800. The number of carbonyl (C=O) groups is 2. The van der Waals surface area contributed by atoms with Gasteiger partial charge in [0.1, 0.15) is 6.04 Å². The van der Waals surface area contributed by atoms with Gasteiger partial charge in [0.2, 0.25) is 0 Å². The van der Waals surface area contributed by atoms with Crippen LogP contribution in [0.3, 0.4) is 0 Å². The first-order chi connectivity index (χ1) is 7.23. The van der Waals surface area contributed by atoms with Crippen LogP contribution in [0, 0.1) is 11.8 Å². The first-order valence-corrected chi connectivity index (χ1v) is 5.14. The van der Waals surface area contributed by atoms with Gasteiger partial charge in [0.15, 0.2) is 0 Å². The van der Waals surface area contributed by atoms with Crippen molar-refractivity contribution < 1.29 is 24.9 Å². The smallest absolute Gasteiger partial charge is 0.321 e. The van der Waals surface area contributed by atoms with E-state index in [1.54, 1.807) is 13.8 Å². The standard InChI is InChI=1S/C10H17NO5/c1-10(2,16)6-4-11-8(9(14)15)5(6)3-7(12)13/h5-6,8,11,16H,3-4H2,1-2H3,(H,12,13)(H,14,15). The highest BCUT2D eigenvalue weighted by Crippen LogP contribution is 2.34. The third kappa shape index (κ3) is 2.70. The Labute approximate surface area is 93.3 Å². The van der Waals surface area contributed by atoms with Crippen molar-refractivity contribution in [3.8, 4) is 0 Å². The topological polar surface area (TPSA) is 107 Å². The maximum absolute atomic E-state index is 10.9. The lowest BCUT2D eigenvalue weighted by Crippen LogP contribution is -2.40. The summed E-state index contributed by atoms with van der Waals surface area (Å²) >= 11 is 0. The summed E-state index contributed by atoms with van der Waals surface area (Å²) in [6.45, 7) is 3.45. The van der Waals surface area contributed by atoms with Crippen molar-refractivity contribution in [3.63, 3.8) is 0 Å². The van der Waals surface area contributed by atoms with Crippen LogP contribution in [-0.4, -0.2) is 45.4 Å². The highest BCUT2D eigenvalue weighted by atomic mass is 16.4. The van der Waals surface area contributed by atoms with Gasteiger partial charge in [0.05, 0.1) is 12.0 Å². The first-order valence-electron chi connectivity index (χ1n) is 5.14. The van der Waals surface area contributed by atoms with Crippen molar-refractivity contribution in [1.29, 1.82) is 0 Å². The Hall–Kier alpha value is -1.14. The molecule has 92 valence electrons. The molecule has 16 heavy (non-hydrogen) atoms. The van der Waals surface area contributed by atoms with Gasteiger partial charge in [-0.25, -0.2) is 0 Å². The van der Waals surface area contributed by atoms with Crippen LogP contribution < -0.4 is 5.32 Å². The van der Waals surface area contributed by atoms with Crippen LogP contribution in [0.5, 0.6) is 0 Å². The second-order valence-corrected chi connectivity index (χ2v) is 4.75. The lowest BCUT2D eigenvalue weighted by Gasteiger charge is -2.30. The Morgan fingerprint density at radius 3 is 2.31 bits per heavy atom. The zero-order valence-corrected chi connectivity index (χ0v) is 9.30. The third-order valence-electron chi connectivity index (χ3n) is 3.09. The average Bonchev–Trinajstić information content (AvgIpc) is 2.45. The molecule has 0 spiro atoms. The van der Waals surface area contributed by atoms with Gasteiger partial charge in [-0.05, 0) is 13.8 Å². The average molecular weight is 231 g/mol. The highest BCUT2D eigenvalue weighted by molar-refractivity contribution is 5.76. The summed E-state index contributed by atoms with van der Waals surface area (Å²) in [7, 11) is 0. The Morgan fingerprint density at radius 1 is 1.38 bits per heavy atom. The number of hydrogen-bond acceptors (Lipinski definition) is 4. The molecule has 6 heteroatoms. The van der Waals surface area contributed by atoms with E-state index in [9.17, 15) is 14.7 Å². The van der Waals surface area contributed by atoms with E-state index in [0.29, 0.717) is 6.54 Å². The minimum Gasteiger partial charge on any atom is -0.481 e. The Balaban J connectivity index is 2.88. The van der Waals surface area contributed by atoms with E-state index in [4.69, 9.17) is 10.2 Å². The van der Waals surface area contributed by atoms with Gasteiger partial charge >= 0.3 is 11.9 Å². The molecule has 1 aliphatic rings. The van der Waals surface area contributed by atoms with E-state index in [1.807, 2.05) is 0 Å². The SMILES string of the molecule is CC(C)(O)C1CNC(C(=O)O)C1CC(=O)O. The van der Waals surface area contributed by atoms with E-state index in [-0.39, 0.29) is 12.3 Å². The molecule has 3 atom stereocenters. The molecule has 0 radical (unpaired) electrons. The number of carboxylic acid groups (broad SMARTS) is 2. The van der Waals surface area contributed by atoms with Gasteiger partial charge in [-0.3, -0.25) is 9.59 Å². The minimum atomic E-state index is -1.09. The lowest BCUT2D eigenvalue weighted by molar-refractivity contribution is -0.143. The number of hydrogen-bond donors (Lipinski definition) is 4. The summed E-state index contributed by atoms with van der Waals surface area (Å²) in [6, 6.07) is -0.896. The molecule has 0 aliphatic carbocycles. The minimum absolute atomic E-state index is 0.251. The molecule has 1 saturated heterocycles. The molecule has 0 aromatic carbocycles. The van der Waals surface area contributed by atoms with Gasteiger partial charge in [-0.1, -0.05) is 0 Å². The molecule has 3 unspecified atom stereocenters. The summed E-state index contributed by atoms with van der Waals surface area (Å²) < 4.78 is 0. The fourth-order valence-corrected chi connectivity index (χ4v) is 2.29. The van der Waals surface area contributed by atoms with Crippen molar-refractivity contribution in [2.24, 2.45) is 11.8 Å². The molecule has 6 nitrogen and oxygen atoms in total.